The van der Waals surface area contributed by atoms with Crippen molar-refractivity contribution in [3.8, 4) is 0 Å². The molecule has 2 amide bonds. The quantitative estimate of drug-likeness (QED) is 0.550. The number of thiophene rings is 1. The highest BCUT2D eigenvalue weighted by molar-refractivity contribution is 9.10. The van der Waals surface area contributed by atoms with Crippen molar-refractivity contribution in [2.45, 2.75) is 6.54 Å². The number of imidazole rings is 1. The molecule has 136 valence electrons. The molecule has 0 aliphatic heterocycles. The van der Waals surface area contributed by atoms with E-state index < -0.39 is 23.1 Å². The summed E-state index contributed by atoms with van der Waals surface area (Å²) in [5.41, 5.74) is 4.64. The van der Waals surface area contributed by atoms with Gasteiger partial charge in [0.1, 0.15) is 11.5 Å². The van der Waals surface area contributed by atoms with Crippen LogP contribution in [0.1, 0.15) is 10.4 Å². The normalized spacial score (nSPS) is 11.0. The van der Waals surface area contributed by atoms with Gasteiger partial charge in [-0.2, -0.15) is 0 Å². The zero-order chi connectivity index (χ0) is 19.2. The van der Waals surface area contributed by atoms with Gasteiger partial charge in [-0.1, -0.05) is 0 Å². The number of rotatable bonds is 4. The van der Waals surface area contributed by atoms with E-state index in [1.54, 1.807) is 5.38 Å². The lowest BCUT2D eigenvalue weighted by Gasteiger charge is -2.10. The molecule has 0 aliphatic carbocycles. The molecule has 3 aromatic heterocycles. The van der Waals surface area contributed by atoms with Crippen molar-refractivity contribution in [2.75, 3.05) is 5.32 Å². The van der Waals surface area contributed by atoms with Crippen molar-refractivity contribution >= 4 is 55.2 Å². The van der Waals surface area contributed by atoms with Gasteiger partial charge in [0.2, 0.25) is 5.91 Å². The fourth-order valence-corrected chi connectivity index (χ4v) is 3.79. The molecular weight excluding hydrogens is 428 g/mol. The molecule has 0 unspecified atom stereocenters. The summed E-state index contributed by atoms with van der Waals surface area (Å²) in [4.78, 5) is 52.2. The van der Waals surface area contributed by atoms with Crippen molar-refractivity contribution in [3.63, 3.8) is 0 Å². The lowest BCUT2D eigenvalue weighted by atomic mass is 10.3. The Morgan fingerprint density at radius 2 is 2.00 bits per heavy atom. The lowest BCUT2D eigenvalue weighted by molar-refractivity contribution is -0.116. The molecule has 3 heterocycles. The number of nitrogens with one attached hydrogen (secondary N) is 1. The molecule has 0 radical (unpaired) electrons. The molecular formula is C14H13BrN6O4S. The third-order valence-electron chi connectivity index (χ3n) is 3.78. The second-order valence-electron chi connectivity index (χ2n) is 5.42. The maximum Gasteiger partial charge on any atom is 0.332 e. The first kappa shape index (κ1) is 18.1. The predicted octanol–water partition coefficient (Wildman–Crippen LogP) is -0.00470. The largest absolute Gasteiger partial charge is 0.366 e. The Kier molecular flexibility index (Phi) is 4.54. The Morgan fingerprint density at radius 3 is 2.65 bits per heavy atom. The van der Waals surface area contributed by atoms with E-state index in [2.05, 4.69) is 26.2 Å². The van der Waals surface area contributed by atoms with E-state index >= 15 is 0 Å². The van der Waals surface area contributed by atoms with E-state index in [9.17, 15) is 19.2 Å². The van der Waals surface area contributed by atoms with Gasteiger partial charge in [-0.25, -0.2) is 9.78 Å². The van der Waals surface area contributed by atoms with Gasteiger partial charge in [0.15, 0.2) is 15.9 Å². The molecule has 3 rings (SSSR count). The van der Waals surface area contributed by atoms with Gasteiger partial charge in [-0.05, 0) is 27.4 Å². The van der Waals surface area contributed by atoms with Crippen LogP contribution in [0.2, 0.25) is 0 Å². The van der Waals surface area contributed by atoms with Crippen LogP contribution in [0.5, 0.6) is 0 Å². The van der Waals surface area contributed by atoms with Gasteiger partial charge < -0.3 is 11.1 Å². The van der Waals surface area contributed by atoms with Crippen LogP contribution >= 0.6 is 27.3 Å². The number of anilines is 1. The van der Waals surface area contributed by atoms with Gasteiger partial charge >= 0.3 is 5.69 Å². The van der Waals surface area contributed by atoms with Crippen molar-refractivity contribution in [3.05, 3.63) is 42.6 Å². The number of aryl methyl sites for hydroxylation is 1. The average molecular weight is 441 g/mol. The smallest absolute Gasteiger partial charge is 0.332 e. The summed E-state index contributed by atoms with van der Waals surface area (Å²) in [7, 11) is 2.84. The summed E-state index contributed by atoms with van der Waals surface area (Å²) in [6.45, 7) is -0.229. The minimum absolute atomic E-state index is 0.0585. The molecule has 0 saturated heterocycles. The number of nitrogens with two attached hydrogens (primary N) is 1. The minimum Gasteiger partial charge on any atom is -0.366 e. The SMILES string of the molecule is Cn1c(=O)c2nc(Br)n(CC(=O)Nc3sccc3C(N)=O)c2n(C)c1=O. The highest BCUT2D eigenvalue weighted by Gasteiger charge is 2.20. The fraction of sp³-hybridized carbons (Fsp3) is 0.214. The molecule has 12 heteroatoms. The maximum atomic E-state index is 12.4. The third kappa shape index (κ3) is 2.86. The van der Waals surface area contributed by atoms with Crippen LogP contribution in [0.15, 0.2) is 25.8 Å². The summed E-state index contributed by atoms with van der Waals surface area (Å²) in [6.07, 6.45) is 0. The Morgan fingerprint density at radius 1 is 1.31 bits per heavy atom. The molecule has 0 saturated carbocycles. The first-order chi connectivity index (χ1) is 12.2. The number of carbonyl (C=O) groups excluding carboxylic acids is 2. The summed E-state index contributed by atoms with van der Waals surface area (Å²) >= 11 is 4.37. The molecule has 0 aromatic carbocycles. The molecule has 0 fully saturated rings. The van der Waals surface area contributed by atoms with Crippen molar-refractivity contribution in [1.82, 2.24) is 18.7 Å². The van der Waals surface area contributed by atoms with Gasteiger partial charge in [0.05, 0.1) is 5.56 Å². The Bertz CT molecular complexity index is 1170. The predicted molar refractivity (Wildman–Crippen MR) is 99.4 cm³/mol. The molecule has 3 N–H and O–H groups in total. The number of amides is 2. The topological polar surface area (TPSA) is 134 Å². The number of halogens is 1. The molecule has 0 atom stereocenters. The van der Waals surface area contributed by atoms with Gasteiger partial charge in [-0.15, -0.1) is 11.3 Å². The second kappa shape index (κ2) is 6.53. The van der Waals surface area contributed by atoms with Gasteiger partial charge in [0, 0.05) is 14.1 Å². The van der Waals surface area contributed by atoms with Crippen molar-refractivity contribution < 1.29 is 9.59 Å². The zero-order valence-electron chi connectivity index (χ0n) is 13.6. The van der Waals surface area contributed by atoms with E-state index in [-0.39, 0.29) is 28.0 Å². The highest BCUT2D eigenvalue weighted by atomic mass is 79.9. The van der Waals surface area contributed by atoms with Gasteiger partial charge in [-0.3, -0.25) is 28.1 Å². The van der Waals surface area contributed by atoms with Crippen LogP contribution in [0.4, 0.5) is 5.00 Å². The summed E-state index contributed by atoms with van der Waals surface area (Å²) in [5.74, 6) is -1.12. The molecule has 26 heavy (non-hydrogen) atoms. The third-order valence-corrected chi connectivity index (χ3v) is 5.21. The van der Waals surface area contributed by atoms with Crippen LogP contribution in [0, 0.1) is 0 Å². The first-order valence-electron chi connectivity index (χ1n) is 7.21. The van der Waals surface area contributed by atoms with E-state index in [4.69, 9.17) is 5.73 Å². The van der Waals surface area contributed by atoms with E-state index in [1.165, 1.54) is 29.3 Å². The fourth-order valence-electron chi connectivity index (χ4n) is 2.51. The standard InChI is InChI=1S/C14H13BrN6O4S/c1-19-11-8(12(24)20(2)14(19)25)18-13(15)21(11)5-7(22)17-10-6(9(16)23)3-4-26-10/h3-4H,5H2,1-2H3,(H2,16,23)(H,17,22). The van der Waals surface area contributed by atoms with Crippen molar-refractivity contribution in [2.24, 2.45) is 19.8 Å². The molecule has 3 aromatic rings. The number of hydrogen-bond donors (Lipinski definition) is 2. The van der Waals surface area contributed by atoms with Crippen LogP contribution in [0.3, 0.4) is 0 Å². The number of aromatic nitrogens is 4. The summed E-state index contributed by atoms with van der Waals surface area (Å²) in [5, 5.41) is 4.56. The molecule has 10 nitrogen and oxygen atoms in total. The van der Waals surface area contributed by atoms with Crippen LogP contribution in [-0.2, 0) is 25.4 Å². The van der Waals surface area contributed by atoms with Crippen LogP contribution < -0.4 is 22.3 Å². The van der Waals surface area contributed by atoms with Crippen LogP contribution in [-0.4, -0.2) is 30.5 Å². The van der Waals surface area contributed by atoms with E-state index in [1.807, 2.05) is 0 Å². The lowest BCUT2D eigenvalue weighted by Crippen LogP contribution is -2.37. The summed E-state index contributed by atoms with van der Waals surface area (Å²) < 4.78 is 3.80. The number of nitrogens with zero attached hydrogens (tertiary/aromatic N) is 4. The number of fused-ring (bicyclic) bond motifs is 1. The minimum atomic E-state index is -0.651. The molecule has 0 bridgehead atoms. The van der Waals surface area contributed by atoms with Crippen molar-refractivity contribution in [1.29, 1.82) is 0 Å². The van der Waals surface area contributed by atoms with Gasteiger partial charge in [0.25, 0.3) is 11.5 Å². The number of hydrogen-bond acceptors (Lipinski definition) is 6. The number of primary amides is 1. The first-order valence-corrected chi connectivity index (χ1v) is 8.88. The second-order valence-corrected chi connectivity index (χ2v) is 7.05. The monoisotopic (exact) mass is 440 g/mol. The summed E-state index contributed by atoms with van der Waals surface area (Å²) in [6, 6.07) is 1.51. The number of carbonyl (C=O) groups is 2. The van der Waals surface area contributed by atoms with E-state index in [0.717, 1.165) is 15.9 Å². The molecule has 0 spiro atoms. The van der Waals surface area contributed by atoms with Crippen LogP contribution in [0.25, 0.3) is 11.2 Å². The Labute approximate surface area is 158 Å². The molecule has 0 aliphatic rings. The Balaban J connectivity index is 2.01. The average Bonchev–Trinajstić information content (AvgIpc) is 3.16. The zero-order valence-corrected chi connectivity index (χ0v) is 16.0. The maximum absolute atomic E-state index is 12.4. The highest BCUT2D eigenvalue weighted by Crippen LogP contribution is 2.23. The Hall–Kier alpha value is -2.73. The van der Waals surface area contributed by atoms with E-state index in [0.29, 0.717) is 5.00 Å².